The molecule has 1 aliphatic rings. The van der Waals surface area contributed by atoms with Crippen molar-refractivity contribution in [3.63, 3.8) is 0 Å². The Morgan fingerprint density at radius 3 is 2.66 bits per heavy atom. The summed E-state index contributed by atoms with van der Waals surface area (Å²) in [5.41, 5.74) is 1.13. The Morgan fingerprint density at radius 2 is 2.00 bits per heavy atom. The van der Waals surface area contributed by atoms with E-state index in [1.807, 2.05) is 11.8 Å². The van der Waals surface area contributed by atoms with Crippen molar-refractivity contribution in [2.45, 2.75) is 25.7 Å². The van der Waals surface area contributed by atoms with Gasteiger partial charge in [-0.15, -0.1) is 0 Å². The van der Waals surface area contributed by atoms with E-state index in [2.05, 4.69) is 35.7 Å². The summed E-state index contributed by atoms with van der Waals surface area (Å²) >= 11 is 0. The van der Waals surface area contributed by atoms with Gasteiger partial charge in [0.05, 0.1) is 18.0 Å². The fourth-order valence-electron chi connectivity index (χ4n) is 3.24. The van der Waals surface area contributed by atoms with E-state index in [9.17, 15) is 13.2 Å². The maximum atomic E-state index is 12.7. The van der Waals surface area contributed by atoms with E-state index in [0.29, 0.717) is 42.5 Å². The van der Waals surface area contributed by atoms with Crippen molar-refractivity contribution in [1.82, 2.24) is 25.1 Å². The van der Waals surface area contributed by atoms with Gasteiger partial charge in [0, 0.05) is 43.6 Å². The summed E-state index contributed by atoms with van der Waals surface area (Å²) in [7, 11) is 0. The van der Waals surface area contributed by atoms with E-state index in [4.69, 9.17) is 10.00 Å². The molecule has 1 atom stereocenters. The molecule has 0 saturated carbocycles. The predicted molar refractivity (Wildman–Crippen MR) is 104 cm³/mol. The van der Waals surface area contributed by atoms with Crippen LogP contribution in [0, 0.1) is 11.3 Å². The van der Waals surface area contributed by atoms with Crippen molar-refractivity contribution in [2.75, 3.05) is 29.4 Å². The first-order valence-electron chi connectivity index (χ1n) is 9.55. The number of nitriles is 1. The highest BCUT2D eigenvalue weighted by Gasteiger charge is 2.39. The Kier molecular flexibility index (Phi) is 5.76. The molecule has 0 bridgehead atoms. The molecule has 1 saturated heterocycles. The Bertz CT molecular complexity index is 1110. The Hall–Kier alpha value is -3.95. The third-order valence-corrected chi connectivity index (χ3v) is 4.87. The van der Waals surface area contributed by atoms with E-state index in [-0.39, 0.29) is 18.6 Å². The molecule has 13 heteroatoms. The van der Waals surface area contributed by atoms with E-state index in [1.165, 1.54) is 18.6 Å². The minimum atomic E-state index is -4.68. The Morgan fingerprint density at radius 1 is 1.22 bits per heavy atom. The first kappa shape index (κ1) is 21.3. The van der Waals surface area contributed by atoms with Gasteiger partial charge in [-0.25, -0.2) is 9.97 Å². The number of pyridine rings is 1. The highest BCUT2D eigenvalue weighted by Crippen LogP contribution is 2.29. The summed E-state index contributed by atoms with van der Waals surface area (Å²) in [6.07, 6.45) is 1.44. The van der Waals surface area contributed by atoms with Gasteiger partial charge in [-0.3, -0.25) is 4.98 Å². The number of hydrogen-bond donors (Lipinski definition) is 0. The van der Waals surface area contributed by atoms with Crippen molar-refractivity contribution < 1.29 is 22.4 Å². The fourth-order valence-corrected chi connectivity index (χ4v) is 3.24. The van der Waals surface area contributed by atoms with Crippen molar-refractivity contribution in [1.29, 1.82) is 5.26 Å². The summed E-state index contributed by atoms with van der Waals surface area (Å²) in [6.45, 7) is 3.28. The van der Waals surface area contributed by atoms with Gasteiger partial charge in [-0.05, 0) is 18.1 Å². The number of halogens is 3. The third-order valence-electron chi connectivity index (χ3n) is 4.87. The van der Waals surface area contributed by atoms with Crippen molar-refractivity contribution >= 4 is 11.9 Å². The average molecular weight is 446 g/mol. The van der Waals surface area contributed by atoms with Crippen LogP contribution in [0.1, 0.15) is 23.9 Å². The molecule has 0 aromatic carbocycles. The maximum absolute atomic E-state index is 12.7. The minimum Gasteiger partial charge on any atom is -0.486 e. The van der Waals surface area contributed by atoms with Gasteiger partial charge in [0.15, 0.2) is 5.75 Å². The summed E-state index contributed by atoms with van der Waals surface area (Å²) in [5.74, 6) is -0.557. The third kappa shape index (κ3) is 4.53. The predicted octanol–water partition coefficient (Wildman–Crippen LogP) is 2.44. The van der Waals surface area contributed by atoms with Crippen LogP contribution in [-0.2, 0) is 12.8 Å². The van der Waals surface area contributed by atoms with Crippen molar-refractivity contribution in [2.24, 2.45) is 0 Å². The van der Waals surface area contributed by atoms with E-state index >= 15 is 0 Å². The zero-order valence-electron chi connectivity index (χ0n) is 16.8. The molecule has 0 spiro atoms. The number of aromatic nitrogens is 5. The molecule has 4 rings (SSSR count). The number of alkyl halides is 3. The number of ether oxygens (including phenoxy) is 1. The standard InChI is InChI=1S/C19H17F3N8O2/c1-12-10-29(18-27-16(32-28-18)19(20,21)22)4-5-30(12)17-25-8-15(9-26-17)31-11-13-2-3-24-7-14(13)6-23/h2-3,7-9,12H,4-5,10-11H2,1H3. The van der Waals surface area contributed by atoms with Crippen LogP contribution in [0.25, 0.3) is 0 Å². The molecule has 1 fully saturated rings. The number of nitrogens with zero attached hydrogens (tertiary/aromatic N) is 8. The Labute approximate surface area is 180 Å². The molecule has 0 amide bonds. The van der Waals surface area contributed by atoms with E-state index in [0.717, 1.165) is 0 Å². The van der Waals surface area contributed by atoms with Crippen LogP contribution in [0.4, 0.5) is 25.1 Å². The SMILES string of the molecule is CC1CN(c2noc(C(F)(F)F)n2)CCN1c1ncc(OCc2ccncc2C#N)cn1. The van der Waals surface area contributed by atoms with Crippen LogP contribution in [-0.4, -0.2) is 50.8 Å². The lowest BCUT2D eigenvalue weighted by atomic mass is 10.2. The van der Waals surface area contributed by atoms with Crippen molar-refractivity contribution in [3.8, 4) is 11.8 Å². The topological polar surface area (TPSA) is 117 Å². The summed E-state index contributed by atoms with van der Waals surface area (Å²) in [4.78, 5) is 19.6. The number of piperazine rings is 1. The van der Waals surface area contributed by atoms with Gasteiger partial charge in [0.1, 0.15) is 12.7 Å². The van der Waals surface area contributed by atoms with Gasteiger partial charge in [0.2, 0.25) is 5.95 Å². The van der Waals surface area contributed by atoms with Crippen LogP contribution in [0.15, 0.2) is 35.4 Å². The first-order valence-corrected chi connectivity index (χ1v) is 9.55. The Balaban J connectivity index is 1.37. The van der Waals surface area contributed by atoms with Crippen molar-refractivity contribution in [3.05, 3.63) is 47.9 Å². The normalized spacial score (nSPS) is 16.7. The lowest BCUT2D eigenvalue weighted by Crippen LogP contribution is -2.53. The van der Waals surface area contributed by atoms with Crippen LogP contribution < -0.4 is 14.5 Å². The second-order valence-corrected chi connectivity index (χ2v) is 7.04. The largest absolute Gasteiger partial charge is 0.486 e. The minimum absolute atomic E-state index is 0.0960. The molecular weight excluding hydrogens is 429 g/mol. The van der Waals surface area contributed by atoms with Crippen LogP contribution >= 0.6 is 0 Å². The lowest BCUT2D eigenvalue weighted by Gasteiger charge is -2.39. The molecular formula is C19H17F3N8O2. The molecule has 10 nitrogen and oxygen atoms in total. The molecule has 4 heterocycles. The number of hydrogen-bond acceptors (Lipinski definition) is 10. The van der Waals surface area contributed by atoms with Gasteiger partial charge in [-0.1, -0.05) is 0 Å². The number of anilines is 2. The lowest BCUT2D eigenvalue weighted by molar-refractivity contribution is -0.159. The van der Waals surface area contributed by atoms with E-state index < -0.39 is 12.1 Å². The fraction of sp³-hybridized carbons (Fsp3) is 0.368. The molecule has 0 N–H and O–H groups in total. The molecule has 3 aromatic heterocycles. The van der Waals surface area contributed by atoms with Gasteiger partial charge < -0.3 is 19.1 Å². The zero-order valence-corrected chi connectivity index (χ0v) is 16.8. The first-order chi connectivity index (χ1) is 15.3. The highest BCUT2D eigenvalue weighted by atomic mass is 19.4. The second-order valence-electron chi connectivity index (χ2n) is 7.04. The van der Waals surface area contributed by atoms with Crippen LogP contribution in [0.3, 0.4) is 0 Å². The number of rotatable bonds is 5. The summed E-state index contributed by atoms with van der Waals surface area (Å²) in [6, 6.07) is 3.65. The maximum Gasteiger partial charge on any atom is 0.471 e. The molecule has 1 aliphatic heterocycles. The smallest absolute Gasteiger partial charge is 0.471 e. The molecule has 0 aliphatic carbocycles. The van der Waals surface area contributed by atoms with Gasteiger partial charge >= 0.3 is 12.1 Å². The monoisotopic (exact) mass is 446 g/mol. The molecule has 1 unspecified atom stereocenters. The van der Waals surface area contributed by atoms with Gasteiger partial charge in [-0.2, -0.15) is 23.4 Å². The molecule has 3 aromatic rings. The summed E-state index contributed by atoms with van der Waals surface area (Å²) < 4.78 is 48.0. The average Bonchev–Trinajstić information content (AvgIpc) is 3.29. The van der Waals surface area contributed by atoms with Gasteiger partial charge in [0.25, 0.3) is 5.95 Å². The zero-order chi connectivity index (χ0) is 22.7. The molecule has 166 valence electrons. The molecule has 32 heavy (non-hydrogen) atoms. The van der Waals surface area contributed by atoms with Crippen LogP contribution in [0.2, 0.25) is 0 Å². The highest BCUT2D eigenvalue weighted by molar-refractivity contribution is 5.40. The quantitative estimate of drug-likeness (QED) is 0.578. The van der Waals surface area contributed by atoms with Crippen LogP contribution in [0.5, 0.6) is 5.75 Å². The summed E-state index contributed by atoms with van der Waals surface area (Å²) in [5, 5.41) is 12.5. The second kappa shape index (κ2) is 8.66. The molecule has 0 radical (unpaired) electrons. The van der Waals surface area contributed by atoms with E-state index in [1.54, 1.807) is 17.2 Å².